The summed E-state index contributed by atoms with van der Waals surface area (Å²) in [5.41, 5.74) is 2.70. The molecule has 1 aromatic carbocycles. The van der Waals surface area contributed by atoms with Crippen LogP contribution in [0.1, 0.15) is 0 Å². The van der Waals surface area contributed by atoms with Crippen molar-refractivity contribution < 1.29 is 31.4 Å². The van der Waals surface area contributed by atoms with E-state index in [0.717, 1.165) is 0 Å². The molecule has 0 saturated carbocycles. The minimum atomic E-state index is -4.19. The smallest absolute Gasteiger partial charge is 0.387 e. The summed E-state index contributed by atoms with van der Waals surface area (Å²) in [6, 6.07) is 2.99. The van der Waals surface area contributed by atoms with E-state index in [0.29, 0.717) is 11.3 Å². The first-order chi connectivity index (χ1) is 15.7. The molecule has 0 aliphatic carbocycles. The lowest BCUT2D eigenvalue weighted by molar-refractivity contribution is -0.0534. The summed E-state index contributed by atoms with van der Waals surface area (Å²) in [4.78, 5) is 12.3. The van der Waals surface area contributed by atoms with Gasteiger partial charge in [-0.25, -0.2) is 18.5 Å². The van der Waals surface area contributed by atoms with E-state index in [-0.39, 0.29) is 38.5 Å². The number of rotatable bonds is 7. The van der Waals surface area contributed by atoms with E-state index in [9.17, 15) is 17.2 Å². The van der Waals surface area contributed by atoms with E-state index in [1.807, 2.05) is 0 Å². The van der Waals surface area contributed by atoms with Crippen LogP contribution >= 0.6 is 22.9 Å². The predicted molar refractivity (Wildman–Crippen MR) is 116 cm³/mol. The Morgan fingerprint density at radius 3 is 2.36 bits per heavy atom. The van der Waals surface area contributed by atoms with Gasteiger partial charge in [-0.2, -0.15) is 18.7 Å². The monoisotopic (exact) mass is 517 g/mol. The highest BCUT2D eigenvalue weighted by Crippen LogP contribution is 2.41. The van der Waals surface area contributed by atoms with Gasteiger partial charge in [0, 0.05) is 22.5 Å². The van der Waals surface area contributed by atoms with Gasteiger partial charge in [0.05, 0.1) is 36.0 Å². The summed E-state index contributed by atoms with van der Waals surface area (Å²) in [7, 11) is -1.82. The Kier molecular flexibility index (Phi) is 6.09. The maximum Gasteiger partial charge on any atom is 0.387 e. The number of ether oxygens (including phenoxy) is 3. The lowest BCUT2D eigenvalue weighted by Crippen LogP contribution is -2.12. The summed E-state index contributed by atoms with van der Waals surface area (Å²) >= 11 is 7.76. The molecule has 10 nitrogen and oxygen atoms in total. The van der Waals surface area contributed by atoms with E-state index in [1.165, 1.54) is 48.5 Å². The van der Waals surface area contributed by atoms with E-state index >= 15 is 0 Å². The average Bonchev–Trinajstić information content (AvgIpc) is 3.41. The zero-order valence-corrected chi connectivity index (χ0v) is 19.2. The van der Waals surface area contributed by atoms with Crippen LogP contribution in [0.2, 0.25) is 5.02 Å². The molecule has 4 rings (SSSR count). The number of hydrogen-bond acceptors (Lipinski definition) is 9. The van der Waals surface area contributed by atoms with Gasteiger partial charge in [-0.3, -0.25) is 4.57 Å². The maximum absolute atomic E-state index is 12.9. The number of hydrogen-bond donors (Lipinski definition) is 1. The molecule has 174 valence electrons. The van der Waals surface area contributed by atoms with Crippen LogP contribution in [0.5, 0.6) is 17.5 Å². The molecule has 0 aliphatic heterocycles. The molecule has 0 amide bonds. The molecule has 33 heavy (non-hydrogen) atoms. The molecule has 0 spiro atoms. The van der Waals surface area contributed by atoms with E-state index in [2.05, 4.69) is 19.7 Å². The van der Waals surface area contributed by atoms with Crippen LogP contribution in [0.15, 0.2) is 34.1 Å². The number of primary sulfonamides is 1. The van der Waals surface area contributed by atoms with Crippen molar-refractivity contribution in [2.45, 2.75) is 11.5 Å². The number of methoxy groups -OCH3 is 2. The number of thiazole rings is 1. The Labute approximate surface area is 194 Å². The Hall–Kier alpha value is -3.07. The highest BCUT2D eigenvalue weighted by atomic mass is 35.5. The van der Waals surface area contributed by atoms with Crippen molar-refractivity contribution in [1.82, 2.24) is 19.5 Å². The fourth-order valence-corrected chi connectivity index (χ4v) is 4.72. The number of halogens is 3. The standard InChI is InChI=1S/C18H14ClF2N5O5S2/c1-29-15-14(31-17(20)21)16(30-2)25-18(24-15)26-5-11(33(22,27)28)8-3-4-9(19)12(13(8)26)10-6-32-7-23-10/h3-7,17H,1-2H3,(H2,22,27,28). The Bertz CT molecular complexity index is 1420. The van der Waals surface area contributed by atoms with Crippen molar-refractivity contribution in [1.29, 1.82) is 0 Å². The van der Waals surface area contributed by atoms with E-state index < -0.39 is 22.4 Å². The number of benzene rings is 1. The molecule has 0 bridgehead atoms. The summed E-state index contributed by atoms with van der Waals surface area (Å²) in [5, 5.41) is 7.64. The van der Waals surface area contributed by atoms with Crippen molar-refractivity contribution >= 4 is 43.9 Å². The van der Waals surface area contributed by atoms with Gasteiger partial charge < -0.3 is 14.2 Å². The molecule has 0 aliphatic rings. The van der Waals surface area contributed by atoms with Gasteiger partial charge in [0.2, 0.25) is 21.7 Å². The summed E-state index contributed by atoms with van der Waals surface area (Å²) in [6.07, 6.45) is 1.19. The third kappa shape index (κ3) is 4.17. The summed E-state index contributed by atoms with van der Waals surface area (Å²) in [5.74, 6) is -1.44. The van der Waals surface area contributed by atoms with Crippen molar-refractivity contribution in [2.75, 3.05) is 14.2 Å². The highest BCUT2D eigenvalue weighted by molar-refractivity contribution is 7.89. The molecule has 0 fully saturated rings. The van der Waals surface area contributed by atoms with Gasteiger partial charge >= 0.3 is 6.61 Å². The first kappa shape index (κ1) is 23.1. The molecule has 4 aromatic rings. The van der Waals surface area contributed by atoms with Crippen LogP contribution in [-0.2, 0) is 10.0 Å². The van der Waals surface area contributed by atoms with E-state index in [1.54, 1.807) is 10.9 Å². The topological polar surface area (TPSA) is 131 Å². The van der Waals surface area contributed by atoms with Gasteiger partial charge in [0.15, 0.2) is 0 Å². The molecule has 0 saturated heterocycles. The first-order valence-electron chi connectivity index (χ1n) is 8.85. The van der Waals surface area contributed by atoms with Crippen LogP contribution in [0.4, 0.5) is 8.78 Å². The molecule has 3 heterocycles. The Morgan fingerprint density at radius 1 is 1.18 bits per heavy atom. The minimum Gasteiger partial charge on any atom is -0.478 e. The van der Waals surface area contributed by atoms with Crippen LogP contribution in [-0.4, -0.2) is 48.8 Å². The van der Waals surface area contributed by atoms with Gasteiger partial charge in [-0.1, -0.05) is 11.6 Å². The van der Waals surface area contributed by atoms with Gasteiger partial charge in [-0.15, -0.1) is 11.3 Å². The fraction of sp³-hybridized carbons (Fsp3) is 0.167. The van der Waals surface area contributed by atoms with Crippen molar-refractivity contribution in [3.63, 3.8) is 0 Å². The second-order valence-electron chi connectivity index (χ2n) is 6.35. The van der Waals surface area contributed by atoms with Crippen molar-refractivity contribution in [3.8, 4) is 34.7 Å². The third-order valence-corrected chi connectivity index (χ3v) is 6.32. The first-order valence-corrected chi connectivity index (χ1v) is 11.7. The summed E-state index contributed by atoms with van der Waals surface area (Å²) < 4.78 is 66.3. The normalized spacial score (nSPS) is 11.8. The van der Waals surface area contributed by atoms with Gasteiger partial charge in [0.1, 0.15) is 4.90 Å². The minimum absolute atomic E-state index is 0.177. The third-order valence-electron chi connectivity index (χ3n) is 4.48. The zero-order chi connectivity index (χ0) is 23.9. The number of fused-ring (bicyclic) bond motifs is 1. The van der Waals surface area contributed by atoms with Crippen molar-refractivity contribution in [3.05, 3.63) is 34.2 Å². The quantitative estimate of drug-likeness (QED) is 0.394. The number of alkyl halides is 2. The molecule has 2 N–H and O–H groups in total. The molecule has 0 radical (unpaired) electrons. The fourth-order valence-electron chi connectivity index (χ4n) is 3.21. The average molecular weight is 518 g/mol. The second kappa shape index (κ2) is 8.70. The highest BCUT2D eigenvalue weighted by Gasteiger charge is 2.27. The lowest BCUT2D eigenvalue weighted by Gasteiger charge is -2.15. The molecule has 0 atom stereocenters. The van der Waals surface area contributed by atoms with Crippen LogP contribution in [0, 0.1) is 0 Å². The largest absolute Gasteiger partial charge is 0.478 e. The van der Waals surface area contributed by atoms with Gasteiger partial charge in [0.25, 0.3) is 11.8 Å². The van der Waals surface area contributed by atoms with Crippen LogP contribution < -0.4 is 19.3 Å². The maximum atomic E-state index is 12.9. The molecule has 3 aromatic heterocycles. The SMILES string of the molecule is COc1nc(-n2cc(S(N)(=O)=O)c3ccc(Cl)c(-c4cscn4)c32)nc(OC)c1OC(F)F. The number of nitrogens with zero attached hydrogens (tertiary/aromatic N) is 4. The number of sulfonamides is 1. The number of nitrogens with two attached hydrogens (primary N) is 1. The molecule has 0 unspecified atom stereocenters. The zero-order valence-electron chi connectivity index (χ0n) is 16.8. The van der Waals surface area contributed by atoms with E-state index in [4.69, 9.17) is 26.2 Å². The van der Waals surface area contributed by atoms with Crippen LogP contribution in [0.3, 0.4) is 0 Å². The lowest BCUT2D eigenvalue weighted by atomic mass is 10.1. The predicted octanol–water partition coefficient (Wildman–Crippen LogP) is 3.46. The van der Waals surface area contributed by atoms with Crippen molar-refractivity contribution in [2.24, 2.45) is 5.14 Å². The molecular weight excluding hydrogens is 504 g/mol. The van der Waals surface area contributed by atoms with Gasteiger partial charge in [-0.05, 0) is 12.1 Å². The van der Waals surface area contributed by atoms with Crippen LogP contribution in [0.25, 0.3) is 28.1 Å². The summed E-state index contributed by atoms with van der Waals surface area (Å²) in [6.45, 7) is -3.20. The second-order valence-corrected chi connectivity index (χ2v) is 9.01. The number of aromatic nitrogens is 4. The molecular formula is C18H14ClF2N5O5S2. The Morgan fingerprint density at radius 2 is 1.85 bits per heavy atom. The molecule has 15 heteroatoms. The Balaban J connectivity index is 2.11.